The molecule has 0 N–H and O–H groups in total. The molecule has 0 aromatic rings. The maximum atomic E-state index is 10.2. The zero-order valence-corrected chi connectivity index (χ0v) is 7.85. The highest BCUT2D eigenvalue weighted by atomic mass is 32.3. The summed E-state index contributed by atoms with van der Waals surface area (Å²) in [6.07, 6.45) is 0. The van der Waals surface area contributed by atoms with E-state index in [2.05, 4.69) is 13.2 Å². The molecule has 0 saturated carbocycles. The quantitative estimate of drug-likeness (QED) is 0.442. The van der Waals surface area contributed by atoms with Gasteiger partial charge in [-0.05, 0) is 0 Å². The van der Waals surface area contributed by atoms with E-state index < -0.39 is 28.4 Å². The van der Waals surface area contributed by atoms with E-state index in [-0.39, 0.29) is 3.71 Å². The van der Waals surface area contributed by atoms with E-state index in [0.717, 1.165) is 6.92 Å². The van der Waals surface area contributed by atoms with Crippen molar-refractivity contribution in [2.24, 2.45) is 0 Å². The minimum atomic E-state index is -3.04. The van der Waals surface area contributed by atoms with Crippen LogP contribution in [0.3, 0.4) is 0 Å². The lowest BCUT2D eigenvalue weighted by molar-refractivity contribution is -0.121. The van der Waals surface area contributed by atoms with E-state index in [1.807, 2.05) is 0 Å². The molecule has 1 amide bonds. The van der Waals surface area contributed by atoms with E-state index >= 15 is 0 Å². The molecule has 0 aromatic heterocycles. The van der Waals surface area contributed by atoms with Crippen LogP contribution in [0.2, 0.25) is 0 Å². The molecular weight excluding hydrogens is 206 g/mol. The molecule has 0 aliphatic rings. The van der Waals surface area contributed by atoms with Gasteiger partial charge in [0, 0.05) is 6.92 Å². The smallest absolute Gasteiger partial charge is 0.241 e. The van der Waals surface area contributed by atoms with E-state index in [1.165, 1.54) is 0 Å². The monoisotopic (exact) mass is 213 g/mol. The highest BCUT2D eigenvalue weighted by Gasteiger charge is 2.08. The van der Waals surface area contributed by atoms with Gasteiger partial charge in [-0.1, -0.05) is 0 Å². The van der Waals surface area contributed by atoms with Crippen LogP contribution in [0.4, 0.5) is 0 Å². The van der Waals surface area contributed by atoms with Crippen LogP contribution < -0.4 is 0 Å². The molecule has 0 saturated heterocycles. The van der Waals surface area contributed by atoms with E-state index in [1.54, 1.807) is 0 Å². The standard InChI is InChI=1S/C2H5NO5S2.C2H4/c1-2(4)3(9(5)6)10(7)8;1-2/h1H3,(H,5,6)(H,7,8);1-2H2/p-2. The van der Waals surface area contributed by atoms with Crippen molar-refractivity contribution >= 4 is 28.4 Å². The lowest BCUT2D eigenvalue weighted by Gasteiger charge is -2.23. The van der Waals surface area contributed by atoms with Crippen LogP contribution in [0.15, 0.2) is 13.2 Å². The van der Waals surface area contributed by atoms with Gasteiger partial charge in [0.05, 0.1) is 22.5 Å². The Labute approximate surface area is 75.1 Å². The fourth-order valence-electron chi connectivity index (χ4n) is 0.260. The number of nitrogens with zero attached hydrogens (tertiary/aromatic N) is 1. The van der Waals surface area contributed by atoms with Gasteiger partial charge in [0.2, 0.25) is 5.91 Å². The number of amides is 1. The molecule has 0 rings (SSSR count). The molecule has 2 atom stereocenters. The van der Waals surface area contributed by atoms with Crippen LogP contribution in [0.5, 0.6) is 0 Å². The first-order valence-corrected chi connectivity index (χ1v) is 4.52. The summed E-state index contributed by atoms with van der Waals surface area (Å²) in [6.45, 7) is 6.82. The van der Waals surface area contributed by atoms with Gasteiger partial charge < -0.3 is 9.11 Å². The van der Waals surface area contributed by atoms with Crippen LogP contribution >= 0.6 is 0 Å². The molecule has 6 nitrogen and oxygen atoms in total. The number of carbonyl (C=O) groups excluding carboxylic acids is 1. The average Bonchev–Trinajstić information content (AvgIpc) is 1.88. The van der Waals surface area contributed by atoms with Gasteiger partial charge in [0.25, 0.3) is 0 Å². The molecule has 72 valence electrons. The predicted molar refractivity (Wildman–Crippen MR) is 41.6 cm³/mol. The Balaban J connectivity index is 0. The van der Waals surface area contributed by atoms with Crippen LogP contribution in [0.1, 0.15) is 6.92 Å². The molecule has 0 bridgehead atoms. The number of carbonyl (C=O) groups is 1. The van der Waals surface area contributed by atoms with Gasteiger partial charge in [0.1, 0.15) is 0 Å². The second kappa shape index (κ2) is 7.10. The predicted octanol–water partition coefficient (Wildman–Crippen LogP) is -0.775. The molecule has 0 heterocycles. The van der Waals surface area contributed by atoms with Crippen LogP contribution in [0, 0.1) is 0 Å². The topological polar surface area (TPSA) is 101 Å². The van der Waals surface area contributed by atoms with Crippen molar-refractivity contribution in [3.63, 3.8) is 0 Å². The lowest BCUT2D eigenvalue weighted by Crippen LogP contribution is -2.32. The fourth-order valence-corrected chi connectivity index (χ4v) is 1.08. The molecular formula is C4H7NO5S2-2. The van der Waals surface area contributed by atoms with Crippen molar-refractivity contribution in [1.29, 1.82) is 0 Å². The second-order valence-corrected chi connectivity index (χ2v) is 3.04. The SMILES string of the molecule is C=C.CC(=O)N(S(=O)[O-])S(=O)[O-]. The first-order chi connectivity index (χ1) is 5.46. The summed E-state index contributed by atoms with van der Waals surface area (Å²) in [5, 5.41) is 0. The summed E-state index contributed by atoms with van der Waals surface area (Å²) in [4.78, 5) is 10.2. The number of rotatable bonds is 2. The second-order valence-electron chi connectivity index (χ2n) is 1.21. The Morgan fingerprint density at radius 3 is 1.50 bits per heavy atom. The summed E-state index contributed by atoms with van der Waals surface area (Å²) < 4.78 is 39.3. The number of hydrogen-bond acceptors (Lipinski definition) is 5. The van der Waals surface area contributed by atoms with Crippen molar-refractivity contribution in [2.45, 2.75) is 6.92 Å². The summed E-state index contributed by atoms with van der Waals surface area (Å²) in [5.74, 6) is -1.07. The summed E-state index contributed by atoms with van der Waals surface area (Å²) >= 11 is -6.08. The molecule has 2 unspecified atom stereocenters. The minimum absolute atomic E-state index is 0.306. The van der Waals surface area contributed by atoms with Gasteiger partial charge in [-0.3, -0.25) is 13.2 Å². The van der Waals surface area contributed by atoms with Crippen molar-refractivity contribution in [3.8, 4) is 0 Å². The Kier molecular flexibility index (Phi) is 8.27. The Hall–Kier alpha value is -0.570. The van der Waals surface area contributed by atoms with Gasteiger partial charge in [-0.15, -0.1) is 13.2 Å². The third-order valence-corrected chi connectivity index (χ3v) is 2.31. The maximum absolute atomic E-state index is 10.2. The van der Waals surface area contributed by atoms with Gasteiger partial charge in [-0.25, -0.2) is 0 Å². The summed E-state index contributed by atoms with van der Waals surface area (Å²) in [7, 11) is 0. The van der Waals surface area contributed by atoms with Crippen LogP contribution in [-0.4, -0.2) is 27.1 Å². The van der Waals surface area contributed by atoms with Crippen molar-refractivity contribution in [1.82, 2.24) is 3.71 Å². The van der Waals surface area contributed by atoms with Crippen molar-refractivity contribution < 1.29 is 22.3 Å². The first-order valence-electron chi connectivity index (χ1n) is 2.46. The minimum Gasteiger partial charge on any atom is -0.754 e. The summed E-state index contributed by atoms with van der Waals surface area (Å²) in [6, 6.07) is 0. The summed E-state index contributed by atoms with van der Waals surface area (Å²) in [5.41, 5.74) is 0. The Bertz CT molecular complexity index is 172. The zero-order chi connectivity index (χ0) is 10.3. The zero-order valence-electron chi connectivity index (χ0n) is 6.22. The normalized spacial score (nSPS) is 13.6. The highest BCUT2D eigenvalue weighted by molar-refractivity contribution is 7.93. The molecule has 8 heteroatoms. The third kappa shape index (κ3) is 5.13. The molecule has 0 radical (unpaired) electrons. The third-order valence-electron chi connectivity index (χ3n) is 0.528. The van der Waals surface area contributed by atoms with Crippen LogP contribution in [0.25, 0.3) is 0 Å². The highest BCUT2D eigenvalue weighted by Crippen LogP contribution is 1.95. The van der Waals surface area contributed by atoms with Crippen molar-refractivity contribution in [2.75, 3.05) is 0 Å². The fraction of sp³-hybridized carbons (Fsp3) is 0.250. The molecule has 0 fully saturated rings. The van der Waals surface area contributed by atoms with Gasteiger partial charge in [0.15, 0.2) is 0 Å². The first kappa shape index (κ1) is 14.0. The van der Waals surface area contributed by atoms with Crippen LogP contribution in [-0.2, 0) is 27.3 Å². The molecule has 0 spiro atoms. The van der Waals surface area contributed by atoms with E-state index in [0.29, 0.717) is 0 Å². The Morgan fingerprint density at radius 2 is 1.50 bits per heavy atom. The largest absolute Gasteiger partial charge is 0.754 e. The average molecular weight is 213 g/mol. The molecule has 0 aliphatic heterocycles. The maximum Gasteiger partial charge on any atom is 0.241 e. The van der Waals surface area contributed by atoms with E-state index in [9.17, 15) is 22.3 Å². The van der Waals surface area contributed by atoms with E-state index in [4.69, 9.17) is 0 Å². The molecule has 0 aliphatic carbocycles. The number of hydrogen-bond donors (Lipinski definition) is 0. The molecule has 0 aromatic carbocycles. The van der Waals surface area contributed by atoms with Gasteiger partial charge in [-0.2, -0.15) is 3.71 Å². The Morgan fingerprint density at radius 1 is 1.25 bits per heavy atom. The van der Waals surface area contributed by atoms with Gasteiger partial charge >= 0.3 is 0 Å². The molecule has 12 heavy (non-hydrogen) atoms. The van der Waals surface area contributed by atoms with Crippen molar-refractivity contribution in [3.05, 3.63) is 13.2 Å². The lowest BCUT2D eigenvalue weighted by atomic mass is 10.8.